The van der Waals surface area contributed by atoms with E-state index < -0.39 is 0 Å². The van der Waals surface area contributed by atoms with Crippen molar-refractivity contribution in [2.45, 2.75) is 39.5 Å². The van der Waals surface area contributed by atoms with Crippen molar-refractivity contribution in [1.29, 1.82) is 0 Å². The first-order valence-electron chi connectivity index (χ1n) is 8.66. The molecule has 3 aromatic rings. The normalized spacial score (nSPS) is 16.6. The molecule has 6 nitrogen and oxygen atoms in total. The fourth-order valence-corrected chi connectivity index (χ4v) is 3.78. The lowest BCUT2D eigenvalue weighted by Crippen LogP contribution is -2.21. The van der Waals surface area contributed by atoms with Crippen molar-refractivity contribution in [3.05, 3.63) is 64.2 Å². The second-order valence-corrected chi connectivity index (χ2v) is 6.86. The summed E-state index contributed by atoms with van der Waals surface area (Å²) in [6.07, 6.45) is 0.973. The largest absolute Gasteiger partial charge is 0.508 e. The third kappa shape index (κ3) is 2.67. The number of hydrogen-bond acceptors (Lipinski definition) is 5. The Balaban J connectivity index is 1.84. The first kappa shape index (κ1) is 16.4. The average molecular weight is 348 g/mol. The van der Waals surface area contributed by atoms with Gasteiger partial charge in [-0.15, -0.1) is 0 Å². The molecule has 1 atom stereocenters. The first-order valence-corrected chi connectivity index (χ1v) is 8.66. The van der Waals surface area contributed by atoms with Crippen LogP contribution in [0, 0.1) is 20.8 Å². The molecule has 2 aromatic heterocycles. The number of phenols is 1. The van der Waals surface area contributed by atoms with Gasteiger partial charge in [-0.05, 0) is 44.9 Å². The Hall–Kier alpha value is -3.02. The lowest BCUT2D eigenvalue weighted by atomic mass is 9.81. The minimum Gasteiger partial charge on any atom is -0.508 e. The zero-order chi connectivity index (χ0) is 18.4. The molecule has 0 aliphatic heterocycles. The molecule has 4 rings (SSSR count). The Morgan fingerprint density at radius 2 is 1.77 bits per heavy atom. The van der Waals surface area contributed by atoms with E-state index in [1.165, 1.54) is 0 Å². The molecule has 132 valence electrons. The Morgan fingerprint density at radius 1 is 1.08 bits per heavy atom. The van der Waals surface area contributed by atoms with Gasteiger partial charge >= 0.3 is 0 Å². The molecule has 0 bridgehead atoms. The summed E-state index contributed by atoms with van der Waals surface area (Å²) in [6, 6.07) is 9.10. The van der Waals surface area contributed by atoms with Crippen LogP contribution >= 0.6 is 0 Å². The van der Waals surface area contributed by atoms with Crippen LogP contribution in [0.25, 0.3) is 5.95 Å². The quantitative estimate of drug-likeness (QED) is 0.769. The summed E-state index contributed by atoms with van der Waals surface area (Å²) in [7, 11) is 0. The number of carbonyl (C=O) groups is 1. The number of carbonyl (C=O) groups excluding carboxylic acids is 1. The van der Waals surface area contributed by atoms with Crippen molar-refractivity contribution >= 4 is 5.78 Å². The molecular weight excluding hydrogens is 328 g/mol. The van der Waals surface area contributed by atoms with Gasteiger partial charge in [0.05, 0.1) is 17.0 Å². The van der Waals surface area contributed by atoms with Crippen molar-refractivity contribution in [3.63, 3.8) is 0 Å². The Labute approximate surface area is 151 Å². The molecule has 1 N–H and O–H groups in total. The minimum atomic E-state index is -0.0862. The summed E-state index contributed by atoms with van der Waals surface area (Å²) < 4.78 is 1.69. The first-order chi connectivity index (χ1) is 12.4. The summed E-state index contributed by atoms with van der Waals surface area (Å²) in [6.45, 7) is 5.67. The molecule has 26 heavy (non-hydrogen) atoms. The number of benzene rings is 1. The van der Waals surface area contributed by atoms with Gasteiger partial charge in [0.15, 0.2) is 5.78 Å². The van der Waals surface area contributed by atoms with Gasteiger partial charge in [-0.3, -0.25) is 4.79 Å². The van der Waals surface area contributed by atoms with Gasteiger partial charge < -0.3 is 5.11 Å². The molecule has 0 saturated carbocycles. The van der Waals surface area contributed by atoms with Crippen molar-refractivity contribution in [1.82, 2.24) is 19.7 Å². The fourth-order valence-electron chi connectivity index (χ4n) is 3.78. The highest BCUT2D eigenvalue weighted by atomic mass is 16.3. The minimum absolute atomic E-state index is 0.0487. The standard InChI is InChI=1S/C20H20N4O2/c1-11-8-12(2)22-20(21-11)24-16-9-14(15-6-4-5-7-17(15)25)10-18(26)19(16)13(3)23-24/h4-8,14,25H,9-10H2,1-3H3/t14-/m0/s1. The van der Waals surface area contributed by atoms with Gasteiger partial charge in [-0.2, -0.15) is 5.10 Å². The van der Waals surface area contributed by atoms with Crippen LogP contribution in [-0.4, -0.2) is 30.6 Å². The van der Waals surface area contributed by atoms with E-state index in [0.717, 1.165) is 22.6 Å². The van der Waals surface area contributed by atoms with Crippen molar-refractivity contribution in [2.24, 2.45) is 0 Å². The number of fused-ring (bicyclic) bond motifs is 1. The predicted octanol–water partition coefficient (Wildman–Crippen LogP) is 3.21. The molecule has 1 aliphatic carbocycles. The van der Waals surface area contributed by atoms with Crippen LogP contribution in [0.2, 0.25) is 0 Å². The predicted molar refractivity (Wildman–Crippen MR) is 96.9 cm³/mol. The molecule has 0 unspecified atom stereocenters. The maximum absolute atomic E-state index is 12.8. The van der Waals surface area contributed by atoms with Gasteiger partial charge in [-0.1, -0.05) is 18.2 Å². The van der Waals surface area contributed by atoms with E-state index in [9.17, 15) is 9.90 Å². The van der Waals surface area contributed by atoms with Crippen LogP contribution in [0.15, 0.2) is 30.3 Å². The molecule has 0 spiro atoms. The van der Waals surface area contributed by atoms with E-state index in [4.69, 9.17) is 0 Å². The van der Waals surface area contributed by atoms with Crippen molar-refractivity contribution in [3.8, 4) is 11.7 Å². The fraction of sp³-hybridized carbons (Fsp3) is 0.300. The van der Waals surface area contributed by atoms with Crippen LogP contribution in [-0.2, 0) is 6.42 Å². The highest BCUT2D eigenvalue weighted by molar-refractivity contribution is 6.00. The summed E-state index contributed by atoms with van der Waals surface area (Å²) in [5.41, 5.74) is 4.68. The maximum atomic E-state index is 12.8. The molecule has 1 aromatic carbocycles. The highest BCUT2D eigenvalue weighted by Crippen LogP contribution is 2.37. The van der Waals surface area contributed by atoms with Gasteiger partial charge in [0.1, 0.15) is 5.75 Å². The number of phenolic OH excluding ortho intramolecular Hbond substituents is 1. The van der Waals surface area contributed by atoms with Gasteiger partial charge in [-0.25, -0.2) is 14.6 Å². The highest BCUT2D eigenvalue weighted by Gasteiger charge is 2.33. The number of aromatic nitrogens is 4. The second kappa shape index (κ2) is 6.05. The van der Waals surface area contributed by atoms with Gasteiger partial charge in [0.25, 0.3) is 5.95 Å². The van der Waals surface area contributed by atoms with Crippen molar-refractivity contribution in [2.75, 3.05) is 0 Å². The average Bonchev–Trinajstić information content (AvgIpc) is 2.91. The van der Waals surface area contributed by atoms with E-state index in [2.05, 4.69) is 15.1 Å². The van der Waals surface area contributed by atoms with Crippen LogP contribution in [0.1, 0.15) is 51.0 Å². The molecule has 6 heteroatoms. The number of Topliss-reactive ketones (excluding diaryl/α,β-unsaturated/α-hetero) is 1. The topological polar surface area (TPSA) is 80.9 Å². The number of ketones is 1. The summed E-state index contributed by atoms with van der Waals surface area (Å²) in [5.74, 6) is 0.668. The van der Waals surface area contributed by atoms with E-state index >= 15 is 0 Å². The van der Waals surface area contributed by atoms with Crippen LogP contribution in [0.5, 0.6) is 5.75 Å². The molecule has 0 saturated heterocycles. The lowest BCUT2D eigenvalue weighted by molar-refractivity contribution is 0.0963. The van der Waals surface area contributed by atoms with Gasteiger partial charge in [0, 0.05) is 23.7 Å². The summed E-state index contributed by atoms with van der Waals surface area (Å²) in [4.78, 5) is 21.8. The molecule has 2 heterocycles. The van der Waals surface area contributed by atoms with Gasteiger partial charge in [0.2, 0.25) is 0 Å². The number of rotatable bonds is 2. The van der Waals surface area contributed by atoms with E-state index in [1.54, 1.807) is 16.8 Å². The molecule has 0 amide bonds. The molecule has 1 aliphatic rings. The van der Waals surface area contributed by atoms with Crippen molar-refractivity contribution < 1.29 is 9.90 Å². The zero-order valence-electron chi connectivity index (χ0n) is 15.0. The Morgan fingerprint density at radius 3 is 2.46 bits per heavy atom. The van der Waals surface area contributed by atoms with Crippen LogP contribution < -0.4 is 0 Å². The number of aromatic hydroxyl groups is 1. The molecule has 0 radical (unpaired) electrons. The number of para-hydroxylation sites is 1. The van der Waals surface area contributed by atoms with Crippen LogP contribution in [0.3, 0.4) is 0 Å². The number of nitrogens with zero attached hydrogens (tertiary/aromatic N) is 4. The smallest absolute Gasteiger partial charge is 0.251 e. The van der Waals surface area contributed by atoms with E-state index in [-0.39, 0.29) is 17.5 Å². The Kier molecular flexibility index (Phi) is 3.83. The monoisotopic (exact) mass is 348 g/mol. The molecule has 0 fully saturated rings. The number of hydrogen-bond donors (Lipinski definition) is 1. The maximum Gasteiger partial charge on any atom is 0.251 e. The second-order valence-electron chi connectivity index (χ2n) is 6.86. The summed E-state index contributed by atoms with van der Waals surface area (Å²) in [5, 5.41) is 14.8. The van der Waals surface area contributed by atoms with E-state index in [1.807, 2.05) is 39.0 Å². The van der Waals surface area contributed by atoms with Crippen LogP contribution in [0.4, 0.5) is 0 Å². The SMILES string of the molecule is Cc1cc(C)nc(-n2nc(C)c3c2C[C@H](c2ccccc2O)CC3=O)n1. The zero-order valence-corrected chi connectivity index (χ0v) is 15.0. The Bertz CT molecular complexity index is 1000. The number of aryl methyl sites for hydroxylation is 3. The third-order valence-electron chi connectivity index (χ3n) is 4.84. The third-order valence-corrected chi connectivity index (χ3v) is 4.84. The lowest BCUT2D eigenvalue weighted by Gasteiger charge is -2.23. The van der Waals surface area contributed by atoms with E-state index in [0.29, 0.717) is 30.0 Å². The molecular formula is C20H20N4O2. The summed E-state index contributed by atoms with van der Waals surface area (Å²) >= 11 is 0.